The zero-order chi connectivity index (χ0) is 14.6. The van der Waals surface area contributed by atoms with Gasteiger partial charge in [-0.1, -0.05) is 15.9 Å². The number of ether oxygens (including phenoxy) is 1. The summed E-state index contributed by atoms with van der Waals surface area (Å²) in [4.78, 5) is 12.6. The molecule has 1 aliphatic heterocycles. The minimum absolute atomic E-state index is 0.0584. The van der Waals surface area contributed by atoms with Gasteiger partial charge < -0.3 is 20.5 Å². The van der Waals surface area contributed by atoms with Gasteiger partial charge in [0.1, 0.15) is 5.75 Å². The van der Waals surface area contributed by atoms with Gasteiger partial charge in [-0.05, 0) is 44.1 Å². The van der Waals surface area contributed by atoms with E-state index in [-0.39, 0.29) is 11.7 Å². The summed E-state index contributed by atoms with van der Waals surface area (Å²) in [5.74, 6) is -0.0442. The van der Waals surface area contributed by atoms with Crippen LogP contribution in [0, 0.1) is 5.41 Å². The molecule has 0 saturated carbocycles. The molecule has 1 aromatic carbocycles. The van der Waals surface area contributed by atoms with Crippen LogP contribution in [0.3, 0.4) is 0 Å². The highest BCUT2D eigenvalue weighted by Crippen LogP contribution is 2.33. The van der Waals surface area contributed by atoms with Crippen LogP contribution in [-0.2, 0) is 9.53 Å². The predicted octanol–water partition coefficient (Wildman–Crippen LogP) is 2.11. The van der Waals surface area contributed by atoms with E-state index in [0.29, 0.717) is 12.3 Å². The first-order valence-electron chi connectivity index (χ1n) is 6.57. The molecule has 0 unspecified atom stereocenters. The number of hydrogen-bond donors (Lipinski definition) is 3. The maximum absolute atomic E-state index is 12.6. The summed E-state index contributed by atoms with van der Waals surface area (Å²) < 4.78 is 6.04. The number of nitrogens with one attached hydrogen (secondary N) is 2. The second kappa shape index (κ2) is 6.56. The number of aromatic hydroxyl groups is 1. The lowest BCUT2D eigenvalue weighted by molar-refractivity contribution is -0.130. The number of carbonyl (C=O) groups excluding carboxylic acids is 1. The van der Waals surface area contributed by atoms with Crippen molar-refractivity contribution in [2.75, 3.05) is 32.1 Å². The Labute approximate surface area is 126 Å². The summed E-state index contributed by atoms with van der Waals surface area (Å²) in [5.41, 5.74) is -0.118. The first kappa shape index (κ1) is 15.3. The Morgan fingerprint density at radius 2 is 2.20 bits per heavy atom. The smallest absolute Gasteiger partial charge is 0.233 e. The minimum atomic E-state index is -0.533. The third kappa shape index (κ3) is 3.31. The second-order valence-corrected chi connectivity index (χ2v) is 5.99. The van der Waals surface area contributed by atoms with Crippen molar-refractivity contribution in [2.45, 2.75) is 12.8 Å². The maximum atomic E-state index is 12.6. The number of piperidine rings is 1. The zero-order valence-electron chi connectivity index (χ0n) is 11.4. The van der Waals surface area contributed by atoms with E-state index in [0.717, 1.165) is 30.4 Å². The molecule has 1 saturated heterocycles. The number of benzene rings is 1. The van der Waals surface area contributed by atoms with Crippen molar-refractivity contribution >= 4 is 27.5 Å². The summed E-state index contributed by atoms with van der Waals surface area (Å²) in [6.45, 7) is 1.97. The fourth-order valence-electron chi connectivity index (χ4n) is 2.48. The van der Waals surface area contributed by atoms with E-state index in [9.17, 15) is 9.90 Å². The molecule has 1 aliphatic rings. The standard InChI is InChI=1S/C14H19BrN2O3/c1-20-9-14(4-6-16-7-5-14)13(19)17-11-8-10(15)2-3-12(11)18/h2-3,8,16,18H,4-7,9H2,1H3,(H,17,19). The van der Waals surface area contributed by atoms with Crippen LogP contribution in [0.2, 0.25) is 0 Å². The quantitative estimate of drug-likeness (QED) is 0.733. The molecule has 0 aliphatic carbocycles. The lowest BCUT2D eigenvalue weighted by atomic mass is 9.78. The fourth-order valence-corrected chi connectivity index (χ4v) is 2.84. The van der Waals surface area contributed by atoms with E-state index in [2.05, 4.69) is 26.6 Å². The zero-order valence-corrected chi connectivity index (χ0v) is 13.0. The van der Waals surface area contributed by atoms with Gasteiger partial charge in [-0.3, -0.25) is 4.79 Å². The van der Waals surface area contributed by atoms with Crippen LogP contribution in [-0.4, -0.2) is 37.8 Å². The third-order valence-electron chi connectivity index (χ3n) is 3.67. The molecule has 0 spiro atoms. The van der Waals surface area contributed by atoms with Gasteiger partial charge in [0, 0.05) is 11.6 Å². The lowest BCUT2D eigenvalue weighted by Crippen LogP contribution is -2.47. The first-order valence-corrected chi connectivity index (χ1v) is 7.36. The molecule has 0 radical (unpaired) electrons. The molecule has 1 amide bonds. The Morgan fingerprint density at radius 1 is 1.50 bits per heavy atom. The average Bonchev–Trinajstić information content (AvgIpc) is 2.44. The second-order valence-electron chi connectivity index (χ2n) is 5.08. The Morgan fingerprint density at radius 3 is 2.85 bits per heavy atom. The van der Waals surface area contributed by atoms with Gasteiger partial charge in [0.15, 0.2) is 0 Å². The molecule has 6 heteroatoms. The number of phenolic OH excluding ortho intramolecular Hbond substituents is 1. The van der Waals surface area contributed by atoms with E-state index >= 15 is 0 Å². The molecule has 1 aromatic rings. The summed E-state index contributed by atoms with van der Waals surface area (Å²) in [6.07, 6.45) is 1.45. The molecular weight excluding hydrogens is 324 g/mol. The third-order valence-corrected chi connectivity index (χ3v) is 4.16. The van der Waals surface area contributed by atoms with Gasteiger partial charge in [-0.15, -0.1) is 0 Å². The molecule has 0 bridgehead atoms. The minimum Gasteiger partial charge on any atom is -0.506 e. The SMILES string of the molecule is COCC1(C(=O)Nc2cc(Br)ccc2O)CCNCC1. The van der Waals surface area contributed by atoms with Crippen molar-refractivity contribution in [3.63, 3.8) is 0 Å². The molecule has 3 N–H and O–H groups in total. The van der Waals surface area contributed by atoms with Crippen LogP contribution < -0.4 is 10.6 Å². The van der Waals surface area contributed by atoms with E-state index in [1.165, 1.54) is 0 Å². The summed E-state index contributed by atoms with van der Waals surface area (Å²) in [6, 6.07) is 4.96. The Hall–Kier alpha value is -1.11. The van der Waals surface area contributed by atoms with E-state index < -0.39 is 5.41 Å². The number of methoxy groups -OCH3 is 1. The van der Waals surface area contributed by atoms with Crippen LogP contribution >= 0.6 is 15.9 Å². The fraction of sp³-hybridized carbons (Fsp3) is 0.500. The molecule has 20 heavy (non-hydrogen) atoms. The van der Waals surface area contributed by atoms with Crippen molar-refractivity contribution < 1.29 is 14.6 Å². The van der Waals surface area contributed by atoms with Crippen LogP contribution in [0.15, 0.2) is 22.7 Å². The van der Waals surface area contributed by atoms with Crippen molar-refractivity contribution in [3.05, 3.63) is 22.7 Å². The van der Waals surface area contributed by atoms with Crippen molar-refractivity contribution in [1.82, 2.24) is 5.32 Å². The predicted molar refractivity (Wildman–Crippen MR) is 80.8 cm³/mol. The molecule has 2 rings (SSSR count). The van der Waals surface area contributed by atoms with Gasteiger partial charge in [-0.2, -0.15) is 0 Å². The highest BCUT2D eigenvalue weighted by atomic mass is 79.9. The Balaban J connectivity index is 2.18. The Kier molecular flexibility index (Phi) is 5.01. The number of anilines is 1. The van der Waals surface area contributed by atoms with Crippen LogP contribution in [0.4, 0.5) is 5.69 Å². The van der Waals surface area contributed by atoms with Gasteiger partial charge >= 0.3 is 0 Å². The van der Waals surface area contributed by atoms with E-state index in [4.69, 9.17) is 4.74 Å². The lowest BCUT2D eigenvalue weighted by Gasteiger charge is -2.35. The molecule has 110 valence electrons. The largest absolute Gasteiger partial charge is 0.506 e. The van der Waals surface area contributed by atoms with E-state index in [1.54, 1.807) is 25.3 Å². The molecule has 0 atom stereocenters. The highest BCUT2D eigenvalue weighted by molar-refractivity contribution is 9.10. The normalized spacial score (nSPS) is 17.7. The summed E-state index contributed by atoms with van der Waals surface area (Å²) >= 11 is 3.33. The van der Waals surface area contributed by atoms with Crippen LogP contribution in [0.5, 0.6) is 5.75 Å². The summed E-state index contributed by atoms with van der Waals surface area (Å²) in [5, 5.41) is 15.9. The number of amides is 1. The maximum Gasteiger partial charge on any atom is 0.233 e. The molecule has 1 fully saturated rings. The van der Waals surface area contributed by atoms with Crippen LogP contribution in [0.25, 0.3) is 0 Å². The Bertz CT molecular complexity index is 482. The van der Waals surface area contributed by atoms with Crippen molar-refractivity contribution in [2.24, 2.45) is 5.41 Å². The topological polar surface area (TPSA) is 70.6 Å². The van der Waals surface area contributed by atoms with Crippen molar-refractivity contribution in [3.8, 4) is 5.75 Å². The highest BCUT2D eigenvalue weighted by Gasteiger charge is 2.39. The first-order chi connectivity index (χ1) is 9.57. The van der Waals surface area contributed by atoms with Crippen LogP contribution in [0.1, 0.15) is 12.8 Å². The number of rotatable bonds is 4. The monoisotopic (exact) mass is 342 g/mol. The van der Waals surface area contributed by atoms with E-state index in [1.807, 2.05) is 0 Å². The van der Waals surface area contributed by atoms with Gasteiger partial charge in [0.05, 0.1) is 17.7 Å². The van der Waals surface area contributed by atoms with Crippen molar-refractivity contribution in [1.29, 1.82) is 0 Å². The summed E-state index contributed by atoms with van der Waals surface area (Å²) in [7, 11) is 1.60. The molecule has 1 heterocycles. The molecule has 5 nitrogen and oxygen atoms in total. The number of phenols is 1. The number of carbonyl (C=O) groups is 1. The average molecular weight is 343 g/mol. The van der Waals surface area contributed by atoms with Gasteiger partial charge in [-0.25, -0.2) is 0 Å². The number of halogens is 1. The number of hydrogen-bond acceptors (Lipinski definition) is 4. The molecule has 0 aromatic heterocycles. The van der Waals surface area contributed by atoms with Gasteiger partial charge in [0.2, 0.25) is 5.91 Å². The van der Waals surface area contributed by atoms with Gasteiger partial charge in [0.25, 0.3) is 0 Å². The molecular formula is C14H19BrN2O3.